The van der Waals surface area contributed by atoms with Crippen LogP contribution >= 0.6 is 15.9 Å². The van der Waals surface area contributed by atoms with Gasteiger partial charge in [0.2, 0.25) is 17.7 Å². The molecule has 1 fully saturated rings. The second-order valence-corrected chi connectivity index (χ2v) is 7.73. The van der Waals surface area contributed by atoms with E-state index in [1.165, 1.54) is 17.9 Å². The Bertz CT molecular complexity index is 1010. The average Bonchev–Trinajstić information content (AvgIpc) is 3.03. The van der Waals surface area contributed by atoms with E-state index in [0.717, 1.165) is 16.6 Å². The number of hydrogen-bond donors (Lipinski definition) is 2. The number of benzene rings is 2. The minimum atomic E-state index is -4.75. The second-order valence-electron chi connectivity index (χ2n) is 6.81. The van der Waals surface area contributed by atoms with Crippen LogP contribution in [0.5, 0.6) is 0 Å². The quantitative estimate of drug-likeness (QED) is 0.675. The minimum Gasteiger partial charge on any atom is -0.326 e. The van der Waals surface area contributed by atoms with Gasteiger partial charge in [0, 0.05) is 35.7 Å². The summed E-state index contributed by atoms with van der Waals surface area (Å²) in [6.07, 6.45) is -4.85. The van der Waals surface area contributed by atoms with Gasteiger partial charge in [-0.2, -0.15) is 13.2 Å². The monoisotopic (exact) mass is 483 g/mol. The summed E-state index contributed by atoms with van der Waals surface area (Å²) in [5, 5.41) is 4.56. The van der Waals surface area contributed by atoms with Crippen LogP contribution in [0.15, 0.2) is 46.9 Å². The third kappa shape index (κ3) is 4.99. The lowest BCUT2D eigenvalue weighted by Gasteiger charge is -2.18. The lowest BCUT2D eigenvalue weighted by atomic mass is 10.1. The zero-order valence-corrected chi connectivity index (χ0v) is 17.3. The smallest absolute Gasteiger partial charge is 0.326 e. The molecular weight excluding hydrogens is 467 g/mol. The van der Waals surface area contributed by atoms with E-state index < -0.39 is 35.2 Å². The maximum absolute atomic E-state index is 13.4. The first kappa shape index (κ1) is 21.8. The zero-order valence-electron chi connectivity index (χ0n) is 15.7. The van der Waals surface area contributed by atoms with E-state index in [9.17, 15) is 27.6 Å². The van der Waals surface area contributed by atoms with Crippen molar-refractivity contribution in [3.05, 3.63) is 52.5 Å². The molecule has 1 saturated heterocycles. The van der Waals surface area contributed by atoms with Crippen molar-refractivity contribution >= 4 is 50.7 Å². The molecule has 0 spiro atoms. The zero-order chi connectivity index (χ0) is 22.1. The molecule has 2 aromatic carbocycles. The van der Waals surface area contributed by atoms with Gasteiger partial charge >= 0.3 is 6.18 Å². The predicted molar refractivity (Wildman–Crippen MR) is 109 cm³/mol. The third-order valence-corrected chi connectivity index (χ3v) is 5.01. The Hall–Kier alpha value is -2.88. The van der Waals surface area contributed by atoms with Gasteiger partial charge in [-0.25, -0.2) is 0 Å². The van der Waals surface area contributed by atoms with Crippen LogP contribution in [-0.4, -0.2) is 24.3 Å². The van der Waals surface area contributed by atoms with Gasteiger partial charge < -0.3 is 15.5 Å². The molecule has 10 heteroatoms. The molecule has 1 unspecified atom stereocenters. The molecule has 0 aliphatic carbocycles. The first-order valence-electron chi connectivity index (χ1n) is 8.90. The van der Waals surface area contributed by atoms with Crippen molar-refractivity contribution in [1.29, 1.82) is 0 Å². The number of nitrogens with zero attached hydrogens (tertiary/aromatic N) is 1. The van der Waals surface area contributed by atoms with Crippen molar-refractivity contribution in [3.8, 4) is 0 Å². The average molecular weight is 484 g/mol. The van der Waals surface area contributed by atoms with E-state index in [1.807, 2.05) is 0 Å². The maximum Gasteiger partial charge on any atom is 0.418 e. The predicted octanol–water partition coefficient (Wildman–Crippen LogP) is 4.42. The summed E-state index contributed by atoms with van der Waals surface area (Å²) in [7, 11) is 0. The van der Waals surface area contributed by atoms with Gasteiger partial charge in [-0.05, 0) is 36.4 Å². The molecule has 0 saturated carbocycles. The Morgan fingerprint density at radius 3 is 2.50 bits per heavy atom. The number of amides is 3. The largest absolute Gasteiger partial charge is 0.418 e. The summed E-state index contributed by atoms with van der Waals surface area (Å²) in [6, 6.07) is 10.1. The summed E-state index contributed by atoms with van der Waals surface area (Å²) in [6.45, 7) is 1.24. The van der Waals surface area contributed by atoms with Crippen LogP contribution in [0, 0.1) is 5.92 Å². The van der Waals surface area contributed by atoms with Crippen molar-refractivity contribution in [3.63, 3.8) is 0 Å². The van der Waals surface area contributed by atoms with Crippen LogP contribution in [0.3, 0.4) is 0 Å². The molecule has 2 N–H and O–H groups in total. The molecule has 3 amide bonds. The highest BCUT2D eigenvalue weighted by molar-refractivity contribution is 9.10. The van der Waals surface area contributed by atoms with Gasteiger partial charge in [0.1, 0.15) is 0 Å². The molecule has 0 bridgehead atoms. The molecule has 1 atom stereocenters. The van der Waals surface area contributed by atoms with E-state index in [0.29, 0.717) is 5.69 Å². The molecule has 1 heterocycles. The van der Waals surface area contributed by atoms with Crippen molar-refractivity contribution < 1.29 is 27.6 Å². The molecule has 0 radical (unpaired) electrons. The fourth-order valence-corrected chi connectivity index (χ4v) is 3.57. The van der Waals surface area contributed by atoms with E-state index in [2.05, 4.69) is 26.6 Å². The van der Waals surface area contributed by atoms with Crippen molar-refractivity contribution in [2.75, 3.05) is 22.1 Å². The fourth-order valence-electron chi connectivity index (χ4n) is 3.18. The standard InChI is InChI=1S/C20H17BrF3N3O3/c1-11(28)25-14-5-6-17(16(9-14)20(22,23)24)26-19(30)12-7-18(29)27(10-12)15-4-2-3-13(21)8-15/h2-6,8-9,12H,7,10H2,1H3,(H,25,28)(H,26,30). The van der Waals surface area contributed by atoms with Crippen LogP contribution in [0.4, 0.5) is 30.2 Å². The van der Waals surface area contributed by atoms with Gasteiger partial charge in [-0.1, -0.05) is 22.0 Å². The molecular formula is C20H17BrF3N3O3. The number of carbonyl (C=O) groups is 3. The molecule has 0 aromatic heterocycles. The first-order valence-corrected chi connectivity index (χ1v) is 9.69. The number of anilines is 3. The fraction of sp³-hybridized carbons (Fsp3) is 0.250. The van der Waals surface area contributed by atoms with Crippen LogP contribution in [0.2, 0.25) is 0 Å². The molecule has 3 rings (SSSR count). The van der Waals surface area contributed by atoms with E-state index in [1.54, 1.807) is 24.3 Å². The summed E-state index contributed by atoms with van der Waals surface area (Å²) in [4.78, 5) is 37.5. The number of alkyl halides is 3. The van der Waals surface area contributed by atoms with Crippen molar-refractivity contribution in [2.45, 2.75) is 19.5 Å². The Labute approximate surface area is 178 Å². The third-order valence-electron chi connectivity index (χ3n) is 4.52. The highest BCUT2D eigenvalue weighted by Gasteiger charge is 2.38. The Morgan fingerprint density at radius 2 is 1.87 bits per heavy atom. The second kappa shape index (κ2) is 8.47. The Balaban J connectivity index is 1.79. The summed E-state index contributed by atoms with van der Waals surface area (Å²) >= 11 is 3.31. The maximum atomic E-state index is 13.4. The number of rotatable bonds is 4. The number of hydrogen-bond acceptors (Lipinski definition) is 3. The van der Waals surface area contributed by atoms with Gasteiger partial charge in [-0.15, -0.1) is 0 Å². The van der Waals surface area contributed by atoms with Crippen LogP contribution in [-0.2, 0) is 20.6 Å². The van der Waals surface area contributed by atoms with Crippen molar-refractivity contribution in [1.82, 2.24) is 0 Å². The van der Waals surface area contributed by atoms with Crippen LogP contribution in [0.1, 0.15) is 18.9 Å². The minimum absolute atomic E-state index is 0.0373. The van der Waals surface area contributed by atoms with Gasteiger partial charge in [0.15, 0.2) is 0 Å². The van der Waals surface area contributed by atoms with Gasteiger partial charge in [0.25, 0.3) is 0 Å². The topological polar surface area (TPSA) is 78.5 Å². The number of carbonyl (C=O) groups excluding carboxylic acids is 3. The summed E-state index contributed by atoms with van der Waals surface area (Å²) in [5.41, 5.74) is -0.963. The molecule has 158 valence electrons. The summed E-state index contributed by atoms with van der Waals surface area (Å²) < 4.78 is 41.1. The van der Waals surface area contributed by atoms with Gasteiger partial charge in [-0.3, -0.25) is 14.4 Å². The highest BCUT2D eigenvalue weighted by atomic mass is 79.9. The van der Waals surface area contributed by atoms with Crippen molar-refractivity contribution in [2.24, 2.45) is 5.92 Å². The van der Waals surface area contributed by atoms with E-state index >= 15 is 0 Å². The number of nitrogens with one attached hydrogen (secondary N) is 2. The van der Waals surface area contributed by atoms with Crippen LogP contribution < -0.4 is 15.5 Å². The SMILES string of the molecule is CC(=O)Nc1ccc(NC(=O)C2CC(=O)N(c3cccc(Br)c3)C2)c(C(F)(F)F)c1. The molecule has 30 heavy (non-hydrogen) atoms. The lowest BCUT2D eigenvalue weighted by molar-refractivity contribution is -0.137. The molecule has 1 aliphatic heterocycles. The lowest BCUT2D eigenvalue weighted by Crippen LogP contribution is -2.28. The summed E-state index contributed by atoms with van der Waals surface area (Å²) in [5.74, 6) is -2.28. The van der Waals surface area contributed by atoms with Gasteiger partial charge in [0.05, 0.1) is 17.2 Å². The molecule has 2 aromatic rings. The van der Waals surface area contributed by atoms with Crippen LogP contribution in [0.25, 0.3) is 0 Å². The molecule has 1 aliphatic rings. The Morgan fingerprint density at radius 1 is 1.13 bits per heavy atom. The normalized spacial score (nSPS) is 16.5. The first-order chi connectivity index (χ1) is 14.0. The molecule has 6 nitrogen and oxygen atoms in total. The van der Waals surface area contributed by atoms with E-state index in [-0.39, 0.29) is 24.6 Å². The Kier molecular flexibility index (Phi) is 6.16. The van der Waals surface area contributed by atoms with E-state index in [4.69, 9.17) is 0 Å². The highest BCUT2D eigenvalue weighted by Crippen LogP contribution is 2.37. The number of halogens is 4.